The van der Waals surface area contributed by atoms with E-state index in [1.165, 1.54) is 18.2 Å². The number of carbonyl (C=O) groups excluding carboxylic acids is 1. The van der Waals surface area contributed by atoms with Crippen molar-refractivity contribution in [2.75, 3.05) is 5.33 Å². The standard InChI is InChI=1S/C16H15BrClNO2/c1-16(10-17,11-5-3-2-4-6-11)19-15(21)13-9-12(20)7-8-14(13)18/h2-9,20H,10H2,1H3,(H,19,21). The maximum atomic E-state index is 12.4. The van der Waals surface area contributed by atoms with Crippen LogP contribution in [0.2, 0.25) is 5.02 Å². The summed E-state index contributed by atoms with van der Waals surface area (Å²) in [5.74, 6) is -0.327. The average molecular weight is 369 g/mol. The average Bonchev–Trinajstić information content (AvgIpc) is 2.50. The van der Waals surface area contributed by atoms with Crippen LogP contribution in [0.15, 0.2) is 48.5 Å². The molecule has 3 nitrogen and oxygen atoms in total. The Balaban J connectivity index is 2.30. The summed E-state index contributed by atoms with van der Waals surface area (Å²) in [6, 6.07) is 14.0. The number of halogens is 2. The van der Waals surface area contributed by atoms with E-state index < -0.39 is 5.54 Å². The summed E-state index contributed by atoms with van der Waals surface area (Å²) < 4.78 is 0. The Hall–Kier alpha value is -1.52. The first-order valence-corrected chi connectivity index (χ1v) is 7.89. The van der Waals surface area contributed by atoms with Crippen LogP contribution in [0.5, 0.6) is 5.75 Å². The van der Waals surface area contributed by atoms with E-state index in [1.54, 1.807) is 0 Å². The maximum absolute atomic E-state index is 12.4. The minimum Gasteiger partial charge on any atom is -0.508 e. The SMILES string of the molecule is CC(CBr)(NC(=O)c1cc(O)ccc1Cl)c1ccccc1. The Morgan fingerprint density at radius 2 is 1.95 bits per heavy atom. The molecule has 0 fully saturated rings. The molecule has 21 heavy (non-hydrogen) atoms. The van der Waals surface area contributed by atoms with Gasteiger partial charge < -0.3 is 10.4 Å². The van der Waals surface area contributed by atoms with Gasteiger partial charge in [-0.15, -0.1) is 0 Å². The largest absolute Gasteiger partial charge is 0.508 e. The van der Waals surface area contributed by atoms with Crippen LogP contribution >= 0.6 is 27.5 Å². The summed E-state index contributed by atoms with van der Waals surface area (Å²) in [7, 11) is 0. The van der Waals surface area contributed by atoms with E-state index in [2.05, 4.69) is 21.2 Å². The molecule has 1 unspecified atom stereocenters. The van der Waals surface area contributed by atoms with E-state index in [4.69, 9.17) is 11.6 Å². The molecule has 110 valence electrons. The Morgan fingerprint density at radius 1 is 1.29 bits per heavy atom. The first-order valence-electron chi connectivity index (χ1n) is 6.39. The topological polar surface area (TPSA) is 49.3 Å². The van der Waals surface area contributed by atoms with Crippen molar-refractivity contribution in [3.63, 3.8) is 0 Å². The van der Waals surface area contributed by atoms with Crippen molar-refractivity contribution < 1.29 is 9.90 Å². The van der Waals surface area contributed by atoms with Crippen LogP contribution in [0.25, 0.3) is 0 Å². The second-order valence-electron chi connectivity index (χ2n) is 4.95. The molecule has 0 aromatic heterocycles. The first-order chi connectivity index (χ1) is 9.96. The van der Waals surface area contributed by atoms with Crippen molar-refractivity contribution >= 4 is 33.4 Å². The highest BCUT2D eigenvalue weighted by molar-refractivity contribution is 9.09. The molecule has 0 saturated carbocycles. The number of rotatable bonds is 4. The van der Waals surface area contributed by atoms with E-state index in [9.17, 15) is 9.90 Å². The van der Waals surface area contributed by atoms with Crippen LogP contribution in [0.4, 0.5) is 0 Å². The minimum absolute atomic E-state index is 0.00445. The smallest absolute Gasteiger partial charge is 0.253 e. The number of hydrogen-bond donors (Lipinski definition) is 2. The number of amides is 1. The van der Waals surface area contributed by atoms with E-state index in [1.807, 2.05) is 37.3 Å². The fourth-order valence-corrected chi connectivity index (χ4v) is 2.66. The Morgan fingerprint density at radius 3 is 2.57 bits per heavy atom. The van der Waals surface area contributed by atoms with Crippen molar-refractivity contribution in [3.8, 4) is 5.75 Å². The predicted octanol–water partition coefficient (Wildman–Crippen LogP) is 4.09. The molecule has 0 bridgehead atoms. The third-order valence-electron chi connectivity index (χ3n) is 3.26. The summed E-state index contributed by atoms with van der Waals surface area (Å²) in [4.78, 5) is 12.4. The number of benzene rings is 2. The lowest BCUT2D eigenvalue weighted by atomic mass is 9.94. The fraction of sp³-hybridized carbons (Fsp3) is 0.188. The highest BCUT2D eigenvalue weighted by Gasteiger charge is 2.28. The van der Waals surface area contributed by atoms with Crippen molar-refractivity contribution in [2.45, 2.75) is 12.5 Å². The molecule has 1 atom stereocenters. The molecule has 2 rings (SSSR count). The van der Waals surface area contributed by atoms with Crippen molar-refractivity contribution in [2.24, 2.45) is 0 Å². The van der Waals surface area contributed by atoms with Gasteiger partial charge in [0.15, 0.2) is 0 Å². The first kappa shape index (κ1) is 15.9. The molecule has 0 radical (unpaired) electrons. The molecule has 0 saturated heterocycles. The number of hydrogen-bond acceptors (Lipinski definition) is 2. The van der Waals surface area contributed by atoms with Gasteiger partial charge in [0.2, 0.25) is 0 Å². The molecule has 5 heteroatoms. The molecule has 2 N–H and O–H groups in total. The Labute approximate surface area is 137 Å². The predicted molar refractivity (Wildman–Crippen MR) is 88.2 cm³/mol. The van der Waals surface area contributed by atoms with Crippen LogP contribution in [0.3, 0.4) is 0 Å². The van der Waals surface area contributed by atoms with Gasteiger partial charge in [-0.1, -0.05) is 57.9 Å². The maximum Gasteiger partial charge on any atom is 0.253 e. The summed E-state index contributed by atoms with van der Waals surface area (Å²) in [6.45, 7) is 1.92. The second kappa shape index (κ2) is 6.50. The molecule has 0 heterocycles. The Bertz CT molecular complexity index is 648. The van der Waals surface area contributed by atoms with Gasteiger partial charge >= 0.3 is 0 Å². The van der Waals surface area contributed by atoms with Gasteiger partial charge in [0, 0.05) is 5.33 Å². The normalized spacial score (nSPS) is 13.5. The van der Waals surface area contributed by atoms with Crippen molar-refractivity contribution in [1.29, 1.82) is 0 Å². The molecular weight excluding hydrogens is 354 g/mol. The van der Waals surface area contributed by atoms with E-state index >= 15 is 0 Å². The van der Waals surface area contributed by atoms with Gasteiger partial charge in [0.25, 0.3) is 5.91 Å². The highest BCUT2D eigenvalue weighted by Crippen LogP contribution is 2.26. The molecule has 2 aromatic rings. The molecule has 0 spiro atoms. The fourth-order valence-electron chi connectivity index (χ4n) is 1.99. The van der Waals surface area contributed by atoms with Gasteiger partial charge in [0.1, 0.15) is 5.75 Å². The number of alkyl halides is 1. The zero-order valence-electron chi connectivity index (χ0n) is 11.4. The molecule has 1 amide bonds. The zero-order valence-corrected chi connectivity index (χ0v) is 13.8. The van der Waals surface area contributed by atoms with Crippen molar-refractivity contribution in [1.82, 2.24) is 5.32 Å². The lowest BCUT2D eigenvalue weighted by molar-refractivity contribution is 0.0914. The van der Waals surface area contributed by atoms with Gasteiger partial charge in [-0.05, 0) is 30.7 Å². The van der Waals surface area contributed by atoms with Crippen LogP contribution in [0, 0.1) is 0 Å². The van der Waals surface area contributed by atoms with Gasteiger partial charge in [-0.3, -0.25) is 4.79 Å². The van der Waals surface area contributed by atoms with Crippen LogP contribution < -0.4 is 5.32 Å². The third-order valence-corrected chi connectivity index (χ3v) is 4.71. The number of nitrogens with one attached hydrogen (secondary N) is 1. The molecule has 0 aliphatic carbocycles. The highest BCUT2D eigenvalue weighted by atomic mass is 79.9. The van der Waals surface area contributed by atoms with E-state index in [0.717, 1.165) is 5.56 Å². The third kappa shape index (κ3) is 3.57. The molecule has 2 aromatic carbocycles. The number of phenolic OH excluding ortho intramolecular Hbond substituents is 1. The molecular formula is C16H15BrClNO2. The lowest BCUT2D eigenvalue weighted by Gasteiger charge is -2.29. The van der Waals surface area contributed by atoms with Crippen LogP contribution in [-0.4, -0.2) is 16.3 Å². The minimum atomic E-state index is -0.576. The summed E-state index contributed by atoms with van der Waals surface area (Å²) in [5, 5.41) is 13.3. The number of phenols is 1. The monoisotopic (exact) mass is 367 g/mol. The molecule has 0 aliphatic heterocycles. The number of aromatic hydroxyl groups is 1. The zero-order chi connectivity index (χ0) is 15.5. The second-order valence-corrected chi connectivity index (χ2v) is 5.92. The lowest BCUT2D eigenvalue weighted by Crippen LogP contribution is -2.45. The summed E-state index contributed by atoms with van der Waals surface area (Å²) in [6.07, 6.45) is 0. The quantitative estimate of drug-likeness (QED) is 0.799. The van der Waals surface area contributed by atoms with Crippen molar-refractivity contribution in [3.05, 3.63) is 64.7 Å². The van der Waals surface area contributed by atoms with Crippen LogP contribution in [-0.2, 0) is 5.54 Å². The van der Waals surface area contributed by atoms with E-state index in [0.29, 0.717) is 10.4 Å². The van der Waals surface area contributed by atoms with Gasteiger partial charge in [-0.2, -0.15) is 0 Å². The Kier molecular flexibility index (Phi) is 4.91. The summed E-state index contributed by atoms with van der Waals surface area (Å²) >= 11 is 9.47. The summed E-state index contributed by atoms with van der Waals surface area (Å²) in [5.41, 5.74) is 0.652. The van der Waals surface area contributed by atoms with Gasteiger partial charge in [-0.25, -0.2) is 0 Å². The van der Waals surface area contributed by atoms with Gasteiger partial charge in [0.05, 0.1) is 16.1 Å². The van der Waals surface area contributed by atoms with E-state index in [-0.39, 0.29) is 17.2 Å². The number of carbonyl (C=O) groups is 1. The molecule has 0 aliphatic rings. The van der Waals surface area contributed by atoms with Crippen LogP contribution in [0.1, 0.15) is 22.8 Å².